The van der Waals surface area contributed by atoms with E-state index in [1.54, 1.807) is 35.0 Å². The number of hydrogen-bond acceptors (Lipinski definition) is 6. The number of rotatable bonds is 7. The molecule has 0 radical (unpaired) electrons. The normalized spacial score (nSPS) is 15.8. The number of carbonyl (C=O) groups excluding carboxylic acids is 2. The summed E-state index contributed by atoms with van der Waals surface area (Å²) in [5.74, 6) is -0.850. The number of carbonyl (C=O) groups is 2. The summed E-state index contributed by atoms with van der Waals surface area (Å²) < 4.78 is 12.7. The number of aromatic nitrogens is 2. The molecule has 32 heavy (non-hydrogen) atoms. The van der Waals surface area contributed by atoms with Gasteiger partial charge in [0.15, 0.2) is 5.69 Å². The topological polar surface area (TPSA) is 94.5 Å². The van der Waals surface area contributed by atoms with Crippen LogP contribution in [0, 0.1) is 0 Å². The van der Waals surface area contributed by atoms with Gasteiger partial charge in [-0.15, -0.1) is 0 Å². The molecular weight excluding hydrogens is 408 g/mol. The Balaban J connectivity index is 1.86. The zero-order valence-corrected chi connectivity index (χ0v) is 18.6. The van der Waals surface area contributed by atoms with Crippen molar-refractivity contribution < 1.29 is 19.1 Å². The van der Waals surface area contributed by atoms with Crippen molar-refractivity contribution in [3.8, 4) is 0 Å². The van der Waals surface area contributed by atoms with Gasteiger partial charge in [0.2, 0.25) is 0 Å². The molecule has 4 rings (SSSR count). The van der Waals surface area contributed by atoms with Gasteiger partial charge in [-0.25, -0.2) is 9.78 Å². The molecule has 1 unspecified atom stereocenters. The fourth-order valence-corrected chi connectivity index (χ4v) is 4.02. The minimum Gasteiger partial charge on any atom is -0.464 e. The molecule has 1 fully saturated rings. The second-order valence-electron chi connectivity index (χ2n) is 8.18. The summed E-state index contributed by atoms with van der Waals surface area (Å²) in [4.78, 5) is 30.5. The highest BCUT2D eigenvalue weighted by Crippen LogP contribution is 2.34. The fourth-order valence-electron chi connectivity index (χ4n) is 4.02. The van der Waals surface area contributed by atoms with Gasteiger partial charge in [-0.3, -0.25) is 4.79 Å². The molecule has 0 saturated carbocycles. The summed E-state index contributed by atoms with van der Waals surface area (Å²) in [7, 11) is 1.33. The van der Waals surface area contributed by atoms with Crippen LogP contribution >= 0.6 is 0 Å². The molecule has 8 heteroatoms. The molecule has 1 aliphatic rings. The van der Waals surface area contributed by atoms with Crippen LogP contribution in [0.2, 0.25) is 0 Å². The van der Waals surface area contributed by atoms with E-state index in [9.17, 15) is 9.59 Å². The van der Waals surface area contributed by atoms with Crippen LogP contribution in [0.4, 0.5) is 11.4 Å². The Labute approximate surface area is 186 Å². The van der Waals surface area contributed by atoms with E-state index in [1.807, 2.05) is 26.0 Å². The summed E-state index contributed by atoms with van der Waals surface area (Å²) in [5.41, 5.74) is 2.54. The Kier molecular flexibility index (Phi) is 6.41. The van der Waals surface area contributed by atoms with E-state index >= 15 is 0 Å². The van der Waals surface area contributed by atoms with Gasteiger partial charge in [0.05, 0.1) is 37.3 Å². The summed E-state index contributed by atoms with van der Waals surface area (Å²) >= 11 is 0. The predicted molar refractivity (Wildman–Crippen MR) is 123 cm³/mol. The van der Waals surface area contributed by atoms with Crippen molar-refractivity contribution in [1.82, 2.24) is 9.55 Å². The molecule has 0 aliphatic carbocycles. The van der Waals surface area contributed by atoms with Gasteiger partial charge in [0.1, 0.15) is 5.65 Å². The minimum absolute atomic E-state index is 0.0260. The SMILES string of the molecule is COC(=O)c1c(NC(=O)c2ccccc2)c2cc(NC(C)C)cnc2n1CC1CCCO1. The van der Waals surface area contributed by atoms with Crippen LogP contribution in [0.5, 0.6) is 0 Å². The number of pyridine rings is 1. The monoisotopic (exact) mass is 436 g/mol. The summed E-state index contributed by atoms with van der Waals surface area (Å²) in [6.07, 6.45) is 3.59. The molecule has 2 aromatic heterocycles. The first-order valence-corrected chi connectivity index (χ1v) is 10.8. The fraction of sp³-hybridized carbons (Fsp3) is 0.375. The van der Waals surface area contributed by atoms with Crippen LogP contribution in [0.1, 0.15) is 47.5 Å². The zero-order chi connectivity index (χ0) is 22.7. The molecule has 2 N–H and O–H groups in total. The maximum atomic E-state index is 13.0. The van der Waals surface area contributed by atoms with Crippen molar-refractivity contribution in [2.45, 2.75) is 45.4 Å². The number of ether oxygens (including phenoxy) is 2. The molecule has 1 aliphatic heterocycles. The number of fused-ring (bicyclic) bond motifs is 1. The quantitative estimate of drug-likeness (QED) is 0.542. The number of methoxy groups -OCH3 is 1. The van der Waals surface area contributed by atoms with Gasteiger partial charge in [-0.1, -0.05) is 18.2 Å². The lowest BCUT2D eigenvalue weighted by Gasteiger charge is -2.14. The van der Waals surface area contributed by atoms with Gasteiger partial charge < -0.3 is 24.7 Å². The van der Waals surface area contributed by atoms with Crippen molar-refractivity contribution in [2.75, 3.05) is 24.4 Å². The lowest BCUT2D eigenvalue weighted by Crippen LogP contribution is -2.21. The molecule has 168 valence electrons. The van der Waals surface area contributed by atoms with Crippen LogP contribution in [-0.4, -0.2) is 47.3 Å². The van der Waals surface area contributed by atoms with E-state index in [0.717, 1.165) is 18.5 Å². The van der Waals surface area contributed by atoms with Crippen LogP contribution < -0.4 is 10.6 Å². The van der Waals surface area contributed by atoms with Crippen molar-refractivity contribution in [3.63, 3.8) is 0 Å². The average Bonchev–Trinajstić information content (AvgIpc) is 3.40. The standard InChI is InChI=1S/C24H28N4O4/c1-15(2)26-17-12-19-20(27-23(29)16-8-5-4-6-9-16)21(24(30)31-3)28(22(19)25-13-17)14-18-10-7-11-32-18/h4-6,8-9,12-13,15,18,26H,7,10-11,14H2,1-3H3,(H,27,29). The number of anilines is 2. The lowest BCUT2D eigenvalue weighted by atomic mass is 10.2. The number of nitrogens with zero attached hydrogens (tertiary/aromatic N) is 2. The number of esters is 1. The van der Waals surface area contributed by atoms with Crippen LogP contribution in [0.25, 0.3) is 11.0 Å². The van der Waals surface area contributed by atoms with Crippen molar-refractivity contribution >= 4 is 34.3 Å². The first kappa shape index (κ1) is 21.8. The lowest BCUT2D eigenvalue weighted by molar-refractivity contribution is 0.0580. The molecule has 8 nitrogen and oxygen atoms in total. The van der Waals surface area contributed by atoms with Gasteiger partial charge in [-0.2, -0.15) is 0 Å². The van der Waals surface area contributed by atoms with E-state index in [-0.39, 0.29) is 23.7 Å². The first-order valence-electron chi connectivity index (χ1n) is 10.8. The van der Waals surface area contributed by atoms with Gasteiger partial charge >= 0.3 is 5.97 Å². The van der Waals surface area contributed by atoms with Crippen molar-refractivity contribution in [2.24, 2.45) is 0 Å². The minimum atomic E-state index is -0.539. The zero-order valence-electron chi connectivity index (χ0n) is 18.6. The number of hydrogen-bond donors (Lipinski definition) is 2. The van der Waals surface area contributed by atoms with E-state index in [0.29, 0.717) is 35.4 Å². The second kappa shape index (κ2) is 9.40. The highest BCUT2D eigenvalue weighted by Gasteiger charge is 2.29. The number of nitrogens with one attached hydrogen (secondary N) is 2. The predicted octanol–water partition coefficient (Wildman–Crippen LogP) is 4.07. The summed E-state index contributed by atoms with van der Waals surface area (Å²) in [5, 5.41) is 6.94. The molecule has 1 amide bonds. The Bertz CT molecular complexity index is 1120. The molecule has 3 heterocycles. The van der Waals surface area contributed by atoms with E-state index < -0.39 is 5.97 Å². The largest absolute Gasteiger partial charge is 0.464 e. The molecule has 0 bridgehead atoms. The maximum absolute atomic E-state index is 13.0. The molecule has 0 spiro atoms. The number of benzene rings is 1. The maximum Gasteiger partial charge on any atom is 0.356 e. The highest BCUT2D eigenvalue weighted by atomic mass is 16.5. The molecule has 1 aromatic carbocycles. The molecule has 1 atom stereocenters. The van der Waals surface area contributed by atoms with E-state index in [2.05, 4.69) is 15.6 Å². The third-order valence-corrected chi connectivity index (χ3v) is 5.42. The summed E-state index contributed by atoms with van der Waals surface area (Å²) in [6, 6.07) is 11.0. The van der Waals surface area contributed by atoms with Crippen molar-refractivity contribution in [1.29, 1.82) is 0 Å². The molecule has 3 aromatic rings. The Hall–Kier alpha value is -3.39. The van der Waals surface area contributed by atoms with Gasteiger partial charge in [0, 0.05) is 23.6 Å². The first-order chi connectivity index (χ1) is 15.5. The highest BCUT2D eigenvalue weighted by molar-refractivity contribution is 6.14. The van der Waals surface area contributed by atoms with Crippen molar-refractivity contribution in [3.05, 3.63) is 53.9 Å². The molecule has 1 saturated heterocycles. The Morgan fingerprint density at radius 3 is 2.72 bits per heavy atom. The smallest absolute Gasteiger partial charge is 0.356 e. The Morgan fingerprint density at radius 2 is 2.06 bits per heavy atom. The number of amides is 1. The average molecular weight is 437 g/mol. The van der Waals surface area contributed by atoms with E-state index in [4.69, 9.17) is 9.47 Å². The third kappa shape index (κ3) is 4.45. The molecular formula is C24H28N4O4. The third-order valence-electron chi connectivity index (χ3n) is 5.42. The second-order valence-corrected chi connectivity index (χ2v) is 8.18. The van der Waals surface area contributed by atoms with Gasteiger partial charge in [-0.05, 0) is 44.9 Å². The Morgan fingerprint density at radius 1 is 1.28 bits per heavy atom. The van der Waals surface area contributed by atoms with Gasteiger partial charge in [0.25, 0.3) is 5.91 Å². The summed E-state index contributed by atoms with van der Waals surface area (Å²) in [6.45, 7) is 5.21. The van der Waals surface area contributed by atoms with Crippen LogP contribution in [-0.2, 0) is 16.0 Å². The van der Waals surface area contributed by atoms with Crippen LogP contribution in [0.15, 0.2) is 42.6 Å². The van der Waals surface area contributed by atoms with Crippen LogP contribution in [0.3, 0.4) is 0 Å². The van der Waals surface area contributed by atoms with E-state index in [1.165, 1.54) is 7.11 Å².